The van der Waals surface area contributed by atoms with Gasteiger partial charge in [0.05, 0.1) is 11.1 Å². The van der Waals surface area contributed by atoms with Crippen molar-refractivity contribution in [2.45, 2.75) is 17.0 Å². The molecular formula is C15H10N4S. The minimum absolute atomic E-state index is 0.540. The number of nitrogens with zero attached hydrogens (tertiary/aromatic N) is 4. The molecule has 3 aromatic rings. The lowest BCUT2D eigenvalue weighted by molar-refractivity contribution is 0.950. The zero-order valence-corrected chi connectivity index (χ0v) is 11.6. The number of hydrogen-bond acceptors (Lipinski definition) is 5. The highest BCUT2D eigenvalue weighted by molar-refractivity contribution is 7.99. The maximum Gasteiger partial charge on any atom is 0.192 e. The van der Waals surface area contributed by atoms with Gasteiger partial charge in [-0.1, -0.05) is 18.2 Å². The predicted molar refractivity (Wildman–Crippen MR) is 77.4 cm³/mol. The second-order valence-corrected chi connectivity index (χ2v) is 5.25. The molecule has 0 N–H and O–H groups in total. The van der Waals surface area contributed by atoms with Crippen LogP contribution in [0.4, 0.5) is 0 Å². The Morgan fingerprint density at radius 2 is 1.80 bits per heavy atom. The lowest BCUT2D eigenvalue weighted by Crippen LogP contribution is -1.91. The van der Waals surface area contributed by atoms with Gasteiger partial charge < -0.3 is 0 Å². The standard InChI is InChI=1S/C15H10N4S/c1-10-7-18-15(19-8-10)20-14-11(6-16)9-17-13-5-3-2-4-12(13)14/h2-5,7-9H,1H3. The number of benzene rings is 1. The van der Waals surface area contributed by atoms with Gasteiger partial charge >= 0.3 is 0 Å². The molecule has 0 atom stereocenters. The van der Waals surface area contributed by atoms with Gasteiger partial charge in [-0.15, -0.1) is 0 Å². The molecular weight excluding hydrogens is 268 g/mol. The lowest BCUT2D eigenvalue weighted by Gasteiger charge is -2.06. The van der Waals surface area contributed by atoms with Crippen molar-refractivity contribution < 1.29 is 0 Å². The fourth-order valence-corrected chi connectivity index (χ4v) is 2.71. The van der Waals surface area contributed by atoms with Crippen molar-refractivity contribution in [3.05, 3.63) is 54.0 Å². The van der Waals surface area contributed by atoms with E-state index >= 15 is 0 Å². The first-order valence-electron chi connectivity index (χ1n) is 6.02. The van der Waals surface area contributed by atoms with Crippen LogP contribution in [0.25, 0.3) is 10.9 Å². The van der Waals surface area contributed by atoms with Crippen LogP contribution in [0.3, 0.4) is 0 Å². The molecule has 3 rings (SSSR count). The monoisotopic (exact) mass is 278 g/mol. The van der Waals surface area contributed by atoms with Crippen LogP contribution in [0.1, 0.15) is 11.1 Å². The average molecular weight is 278 g/mol. The molecule has 0 spiro atoms. The molecule has 96 valence electrons. The second kappa shape index (κ2) is 5.27. The van der Waals surface area contributed by atoms with Gasteiger partial charge in [-0.3, -0.25) is 4.98 Å². The first-order valence-corrected chi connectivity index (χ1v) is 6.84. The molecule has 0 aliphatic heterocycles. The van der Waals surface area contributed by atoms with Gasteiger partial charge in [0.15, 0.2) is 5.16 Å². The Hall–Kier alpha value is -2.45. The van der Waals surface area contributed by atoms with E-state index < -0.39 is 0 Å². The van der Waals surface area contributed by atoms with Gasteiger partial charge in [-0.05, 0) is 30.3 Å². The summed E-state index contributed by atoms with van der Waals surface area (Å²) in [5.74, 6) is 0. The van der Waals surface area contributed by atoms with E-state index in [9.17, 15) is 5.26 Å². The molecule has 0 radical (unpaired) electrons. The predicted octanol–water partition coefficient (Wildman–Crippen LogP) is 3.36. The third kappa shape index (κ3) is 2.33. The number of nitriles is 1. The Kier molecular flexibility index (Phi) is 3.32. The van der Waals surface area contributed by atoms with Crippen LogP contribution >= 0.6 is 11.8 Å². The fraction of sp³-hybridized carbons (Fsp3) is 0.0667. The lowest BCUT2D eigenvalue weighted by atomic mass is 10.2. The molecule has 0 saturated carbocycles. The first-order chi connectivity index (χ1) is 9.78. The summed E-state index contributed by atoms with van der Waals surface area (Å²) in [5, 5.41) is 10.8. The molecule has 4 nitrogen and oxygen atoms in total. The number of fused-ring (bicyclic) bond motifs is 1. The average Bonchev–Trinajstić information content (AvgIpc) is 2.50. The largest absolute Gasteiger partial charge is 0.255 e. The number of aryl methyl sites for hydroxylation is 1. The summed E-state index contributed by atoms with van der Waals surface area (Å²) < 4.78 is 0. The van der Waals surface area contributed by atoms with Crippen LogP contribution in [-0.2, 0) is 0 Å². The van der Waals surface area contributed by atoms with E-state index in [0.29, 0.717) is 10.7 Å². The zero-order chi connectivity index (χ0) is 13.9. The van der Waals surface area contributed by atoms with Gasteiger partial charge in [-0.2, -0.15) is 5.26 Å². The third-order valence-corrected chi connectivity index (χ3v) is 3.83. The molecule has 0 amide bonds. The topological polar surface area (TPSA) is 62.5 Å². The smallest absolute Gasteiger partial charge is 0.192 e. The van der Waals surface area contributed by atoms with E-state index in [1.54, 1.807) is 18.6 Å². The summed E-state index contributed by atoms with van der Waals surface area (Å²) >= 11 is 1.39. The molecule has 20 heavy (non-hydrogen) atoms. The maximum atomic E-state index is 9.26. The van der Waals surface area contributed by atoms with Gasteiger partial charge in [0.2, 0.25) is 0 Å². The van der Waals surface area contributed by atoms with E-state index in [1.807, 2.05) is 31.2 Å². The van der Waals surface area contributed by atoms with Crippen LogP contribution in [0.15, 0.2) is 52.9 Å². The third-order valence-electron chi connectivity index (χ3n) is 2.80. The number of hydrogen-bond donors (Lipinski definition) is 0. The van der Waals surface area contributed by atoms with Crippen molar-refractivity contribution in [1.29, 1.82) is 5.26 Å². The van der Waals surface area contributed by atoms with Gasteiger partial charge in [0.25, 0.3) is 0 Å². The van der Waals surface area contributed by atoms with Crippen molar-refractivity contribution in [1.82, 2.24) is 15.0 Å². The van der Waals surface area contributed by atoms with Crippen molar-refractivity contribution in [2.24, 2.45) is 0 Å². The van der Waals surface area contributed by atoms with Gasteiger partial charge in [-0.25, -0.2) is 9.97 Å². The minimum atomic E-state index is 0.540. The fourth-order valence-electron chi connectivity index (χ4n) is 1.83. The van der Waals surface area contributed by atoms with Gasteiger partial charge in [0.1, 0.15) is 6.07 Å². The molecule has 0 fully saturated rings. The van der Waals surface area contributed by atoms with Crippen molar-refractivity contribution in [3.63, 3.8) is 0 Å². The highest BCUT2D eigenvalue weighted by Crippen LogP contribution is 2.33. The molecule has 5 heteroatoms. The Labute approximate surface area is 120 Å². The Balaban J connectivity index is 2.14. The van der Waals surface area contributed by atoms with E-state index in [2.05, 4.69) is 21.0 Å². The van der Waals surface area contributed by atoms with Crippen molar-refractivity contribution in [2.75, 3.05) is 0 Å². The number of pyridine rings is 1. The van der Waals surface area contributed by atoms with Crippen LogP contribution in [-0.4, -0.2) is 15.0 Å². The summed E-state index contributed by atoms with van der Waals surface area (Å²) in [4.78, 5) is 13.7. The maximum absolute atomic E-state index is 9.26. The quantitative estimate of drug-likeness (QED) is 0.673. The highest BCUT2D eigenvalue weighted by atomic mass is 32.2. The summed E-state index contributed by atoms with van der Waals surface area (Å²) in [7, 11) is 0. The SMILES string of the molecule is Cc1cnc(Sc2c(C#N)cnc3ccccc23)nc1. The normalized spacial score (nSPS) is 10.4. The molecule has 1 aromatic carbocycles. The molecule has 0 aliphatic carbocycles. The van der Waals surface area contributed by atoms with Gasteiger partial charge in [0, 0.05) is 28.9 Å². The van der Waals surface area contributed by atoms with E-state index in [4.69, 9.17) is 0 Å². The molecule has 0 aliphatic rings. The zero-order valence-electron chi connectivity index (χ0n) is 10.7. The van der Waals surface area contributed by atoms with Crippen molar-refractivity contribution >= 4 is 22.7 Å². The summed E-state index contributed by atoms with van der Waals surface area (Å²) in [6.45, 7) is 1.94. The summed E-state index contributed by atoms with van der Waals surface area (Å²) in [6.07, 6.45) is 5.13. The number of para-hydroxylation sites is 1. The Bertz CT molecular complexity index is 806. The van der Waals surface area contributed by atoms with Crippen LogP contribution in [0.5, 0.6) is 0 Å². The Morgan fingerprint density at radius 3 is 2.55 bits per heavy atom. The number of aromatic nitrogens is 3. The molecule has 0 saturated heterocycles. The first kappa shape index (κ1) is 12.6. The van der Waals surface area contributed by atoms with Crippen LogP contribution in [0.2, 0.25) is 0 Å². The molecule has 0 bridgehead atoms. The number of rotatable bonds is 2. The van der Waals surface area contributed by atoms with Crippen LogP contribution in [0, 0.1) is 18.3 Å². The summed E-state index contributed by atoms with van der Waals surface area (Å²) in [5.41, 5.74) is 2.41. The highest BCUT2D eigenvalue weighted by Gasteiger charge is 2.11. The molecule has 0 unspecified atom stereocenters. The molecule has 2 heterocycles. The second-order valence-electron chi connectivity index (χ2n) is 4.28. The minimum Gasteiger partial charge on any atom is -0.255 e. The van der Waals surface area contributed by atoms with E-state index in [0.717, 1.165) is 21.4 Å². The summed E-state index contributed by atoms with van der Waals surface area (Å²) in [6, 6.07) is 9.93. The van der Waals surface area contributed by atoms with Crippen LogP contribution < -0.4 is 0 Å². The Morgan fingerprint density at radius 1 is 1.05 bits per heavy atom. The molecule has 2 aromatic heterocycles. The van der Waals surface area contributed by atoms with Crippen molar-refractivity contribution in [3.8, 4) is 6.07 Å². The van der Waals surface area contributed by atoms with E-state index in [1.165, 1.54) is 11.8 Å². The van der Waals surface area contributed by atoms with E-state index in [-0.39, 0.29) is 0 Å².